The monoisotopic (exact) mass is 250 g/mol. The van der Waals surface area contributed by atoms with Crippen LogP contribution in [0.1, 0.15) is 30.7 Å². The summed E-state index contributed by atoms with van der Waals surface area (Å²) in [4.78, 5) is 2.37. The van der Waals surface area contributed by atoms with Crippen LogP contribution in [0.5, 0.6) is 5.75 Å². The quantitative estimate of drug-likeness (QED) is 0.846. The minimum atomic E-state index is -0.512. The van der Waals surface area contributed by atoms with Crippen molar-refractivity contribution in [1.82, 2.24) is 4.90 Å². The van der Waals surface area contributed by atoms with Gasteiger partial charge in [-0.2, -0.15) is 0 Å². The molecule has 0 saturated carbocycles. The van der Waals surface area contributed by atoms with Gasteiger partial charge in [0.15, 0.2) is 11.6 Å². The van der Waals surface area contributed by atoms with Gasteiger partial charge in [-0.15, -0.1) is 0 Å². The van der Waals surface area contributed by atoms with Crippen molar-refractivity contribution in [2.45, 2.75) is 31.2 Å². The maximum absolute atomic E-state index is 13.4. The van der Waals surface area contributed by atoms with Crippen molar-refractivity contribution in [2.24, 2.45) is 0 Å². The highest BCUT2D eigenvalue weighted by atomic mass is 19.1. The Kier molecular flexibility index (Phi) is 2.90. The van der Waals surface area contributed by atoms with Gasteiger partial charge in [0.25, 0.3) is 0 Å². The van der Waals surface area contributed by atoms with Crippen LogP contribution >= 0.6 is 0 Å². The van der Waals surface area contributed by atoms with Gasteiger partial charge in [-0.3, -0.25) is 0 Å². The van der Waals surface area contributed by atoms with Gasteiger partial charge >= 0.3 is 0 Å². The number of nitrogens with zero attached hydrogens (tertiary/aromatic N) is 1. The van der Waals surface area contributed by atoms with Crippen LogP contribution in [0.4, 0.5) is 10.1 Å². The summed E-state index contributed by atoms with van der Waals surface area (Å²) in [5, 5.41) is 13.2. The molecule has 1 fully saturated rings. The number of phenols is 1. The van der Waals surface area contributed by atoms with Gasteiger partial charge in [-0.25, -0.2) is 4.39 Å². The predicted molar refractivity (Wildman–Crippen MR) is 69.6 cm³/mol. The van der Waals surface area contributed by atoms with E-state index in [9.17, 15) is 9.50 Å². The molecule has 0 aromatic heterocycles. The van der Waals surface area contributed by atoms with Gasteiger partial charge < -0.3 is 15.3 Å². The second kappa shape index (κ2) is 4.43. The number of benzene rings is 1. The minimum absolute atomic E-state index is 0.164. The summed E-state index contributed by atoms with van der Waals surface area (Å²) in [7, 11) is 2.15. The Hall–Kier alpha value is -1.29. The van der Waals surface area contributed by atoms with Crippen LogP contribution in [0.25, 0.3) is 0 Å². The number of halogens is 1. The smallest absolute Gasteiger partial charge is 0.165 e. The van der Waals surface area contributed by atoms with Crippen LogP contribution in [0.2, 0.25) is 0 Å². The number of hydrogen-bond donors (Lipinski definition) is 2. The van der Waals surface area contributed by atoms with Crippen molar-refractivity contribution < 1.29 is 9.50 Å². The standard InChI is InChI=1S/C14H19FN2O/c1-17-6-2-3-10(17)7-9-8-16-12-5-4-11(15)14(18)13(9)12/h4-5,9-10,16,18H,2-3,6-8H2,1H3. The first-order chi connectivity index (χ1) is 8.66. The Balaban J connectivity index is 1.83. The summed E-state index contributed by atoms with van der Waals surface area (Å²) in [6, 6.07) is 3.61. The van der Waals surface area contributed by atoms with Crippen LogP contribution in [0, 0.1) is 5.82 Å². The Morgan fingerprint density at radius 3 is 3.06 bits per heavy atom. The normalized spacial score (nSPS) is 27.2. The zero-order chi connectivity index (χ0) is 12.7. The fraction of sp³-hybridized carbons (Fsp3) is 0.571. The fourth-order valence-electron chi connectivity index (χ4n) is 3.29. The average Bonchev–Trinajstić information content (AvgIpc) is 2.93. The lowest BCUT2D eigenvalue weighted by molar-refractivity contribution is 0.283. The molecule has 0 radical (unpaired) electrons. The first-order valence-corrected chi connectivity index (χ1v) is 6.62. The molecule has 3 rings (SSSR count). The second-order valence-electron chi connectivity index (χ2n) is 5.45. The maximum Gasteiger partial charge on any atom is 0.165 e. The van der Waals surface area contributed by atoms with E-state index >= 15 is 0 Å². The van der Waals surface area contributed by atoms with Crippen molar-refractivity contribution in [2.75, 3.05) is 25.5 Å². The molecule has 1 saturated heterocycles. The van der Waals surface area contributed by atoms with Crippen molar-refractivity contribution in [1.29, 1.82) is 0 Å². The lowest BCUT2D eigenvalue weighted by Gasteiger charge is -2.23. The average molecular weight is 250 g/mol. The molecule has 3 nitrogen and oxygen atoms in total. The van der Waals surface area contributed by atoms with E-state index < -0.39 is 5.82 Å². The number of anilines is 1. The minimum Gasteiger partial charge on any atom is -0.505 e. The third kappa shape index (κ3) is 1.85. The number of fused-ring (bicyclic) bond motifs is 1. The van der Waals surface area contributed by atoms with Crippen LogP contribution in [-0.4, -0.2) is 36.2 Å². The van der Waals surface area contributed by atoms with E-state index in [1.54, 1.807) is 6.07 Å². The Morgan fingerprint density at radius 2 is 2.33 bits per heavy atom. The summed E-state index contributed by atoms with van der Waals surface area (Å²) in [6.45, 7) is 1.95. The number of aromatic hydroxyl groups is 1. The van der Waals surface area contributed by atoms with Crippen LogP contribution in [-0.2, 0) is 0 Å². The van der Waals surface area contributed by atoms with Crippen LogP contribution < -0.4 is 5.32 Å². The molecule has 4 heteroatoms. The molecule has 1 aromatic carbocycles. The Bertz CT molecular complexity index is 463. The molecular formula is C14H19FN2O. The first-order valence-electron chi connectivity index (χ1n) is 6.62. The molecule has 2 unspecified atom stereocenters. The molecule has 0 bridgehead atoms. The molecule has 1 aromatic rings. The van der Waals surface area contributed by atoms with Crippen LogP contribution in [0.15, 0.2) is 12.1 Å². The molecule has 98 valence electrons. The zero-order valence-electron chi connectivity index (χ0n) is 10.6. The Morgan fingerprint density at radius 1 is 1.50 bits per heavy atom. The van der Waals surface area contributed by atoms with Crippen molar-refractivity contribution in [3.05, 3.63) is 23.5 Å². The highest BCUT2D eigenvalue weighted by molar-refractivity contribution is 5.63. The van der Waals surface area contributed by atoms with Gasteiger partial charge in [-0.1, -0.05) is 0 Å². The molecule has 2 aliphatic rings. The molecule has 18 heavy (non-hydrogen) atoms. The molecule has 0 spiro atoms. The van der Waals surface area contributed by atoms with Crippen molar-refractivity contribution in [3.8, 4) is 5.75 Å². The summed E-state index contributed by atoms with van der Waals surface area (Å²) in [5.74, 6) is -0.452. The topological polar surface area (TPSA) is 35.5 Å². The zero-order valence-corrected chi connectivity index (χ0v) is 10.6. The summed E-state index contributed by atoms with van der Waals surface area (Å²) >= 11 is 0. The van der Waals surface area contributed by atoms with E-state index in [-0.39, 0.29) is 11.7 Å². The summed E-state index contributed by atoms with van der Waals surface area (Å²) in [6.07, 6.45) is 3.44. The molecular weight excluding hydrogens is 231 g/mol. The molecule has 2 heterocycles. The van der Waals surface area contributed by atoms with Crippen LogP contribution in [0.3, 0.4) is 0 Å². The molecule has 2 atom stereocenters. The number of phenolic OH excluding ortho intramolecular Hbond substituents is 1. The lowest BCUT2D eigenvalue weighted by atomic mass is 9.92. The van der Waals surface area contributed by atoms with E-state index in [1.165, 1.54) is 18.9 Å². The number of nitrogens with one attached hydrogen (secondary N) is 1. The molecule has 0 amide bonds. The van der Waals surface area contributed by atoms with Gasteiger partial charge in [0.2, 0.25) is 0 Å². The molecule has 0 aliphatic carbocycles. The third-order valence-corrected chi connectivity index (χ3v) is 4.34. The van der Waals surface area contributed by atoms with Gasteiger partial charge in [0.1, 0.15) is 0 Å². The third-order valence-electron chi connectivity index (χ3n) is 4.34. The summed E-state index contributed by atoms with van der Waals surface area (Å²) < 4.78 is 13.4. The highest BCUT2D eigenvalue weighted by Crippen LogP contribution is 2.42. The Labute approximate surface area is 107 Å². The first kappa shape index (κ1) is 11.8. The summed E-state index contributed by atoms with van der Waals surface area (Å²) in [5.41, 5.74) is 1.66. The van der Waals surface area contributed by atoms with E-state index in [4.69, 9.17) is 0 Å². The fourth-order valence-corrected chi connectivity index (χ4v) is 3.29. The van der Waals surface area contributed by atoms with E-state index in [1.807, 2.05) is 0 Å². The maximum atomic E-state index is 13.4. The number of hydrogen-bond acceptors (Lipinski definition) is 3. The van der Waals surface area contributed by atoms with E-state index in [2.05, 4.69) is 17.3 Å². The predicted octanol–water partition coefficient (Wildman–Crippen LogP) is 2.52. The SMILES string of the molecule is CN1CCCC1CC1CNc2ccc(F)c(O)c21. The molecule has 2 aliphatic heterocycles. The van der Waals surface area contributed by atoms with E-state index in [0.29, 0.717) is 6.04 Å². The van der Waals surface area contributed by atoms with E-state index in [0.717, 1.165) is 30.8 Å². The second-order valence-corrected chi connectivity index (χ2v) is 5.45. The largest absolute Gasteiger partial charge is 0.505 e. The highest BCUT2D eigenvalue weighted by Gasteiger charge is 2.31. The molecule has 2 N–H and O–H groups in total. The van der Waals surface area contributed by atoms with Gasteiger partial charge in [-0.05, 0) is 45.0 Å². The van der Waals surface area contributed by atoms with Gasteiger partial charge in [0.05, 0.1) is 0 Å². The van der Waals surface area contributed by atoms with Crippen molar-refractivity contribution in [3.63, 3.8) is 0 Å². The number of likely N-dealkylation sites (tertiary alicyclic amines) is 1. The van der Waals surface area contributed by atoms with Crippen molar-refractivity contribution >= 4 is 5.69 Å². The number of rotatable bonds is 2. The van der Waals surface area contributed by atoms with Gasteiger partial charge in [0, 0.05) is 29.8 Å². The lowest BCUT2D eigenvalue weighted by Crippen LogP contribution is -2.27.